The van der Waals surface area contributed by atoms with Gasteiger partial charge in [0.1, 0.15) is 0 Å². The highest BCUT2D eigenvalue weighted by molar-refractivity contribution is 7.99. The molecule has 0 bridgehead atoms. The molecule has 0 aliphatic heterocycles. The number of imidazole rings is 1. The van der Waals surface area contributed by atoms with Crippen molar-refractivity contribution in [3.05, 3.63) is 51.7 Å². The second-order valence-corrected chi connectivity index (χ2v) is 7.29. The van der Waals surface area contributed by atoms with Crippen molar-refractivity contribution in [2.75, 3.05) is 12.3 Å². The standard InChI is InChI=1S/C18H19N5O2S/c24-16-11-5-1-2-6-12(11)22-18(23-16)26-10-9-19-17(25)15-20-13-7-3-4-8-14(13)21-15/h3-4,7-8H,1-2,5-6,9-10H2,(H,19,25)(H,20,21)(H,22,23,24). The van der Waals surface area contributed by atoms with Crippen LogP contribution in [0.25, 0.3) is 11.0 Å². The van der Waals surface area contributed by atoms with Crippen LogP contribution in [0, 0.1) is 0 Å². The van der Waals surface area contributed by atoms with E-state index < -0.39 is 0 Å². The number of rotatable bonds is 5. The third kappa shape index (κ3) is 3.50. The third-order valence-electron chi connectivity index (χ3n) is 4.40. The number of aromatic amines is 2. The van der Waals surface area contributed by atoms with Crippen molar-refractivity contribution in [2.24, 2.45) is 0 Å². The fourth-order valence-electron chi connectivity index (χ4n) is 3.11. The lowest BCUT2D eigenvalue weighted by molar-refractivity contribution is 0.0947. The lowest BCUT2D eigenvalue weighted by Crippen LogP contribution is -2.27. The van der Waals surface area contributed by atoms with E-state index in [1.165, 1.54) is 11.8 Å². The van der Waals surface area contributed by atoms with Crippen LogP contribution in [-0.2, 0) is 12.8 Å². The van der Waals surface area contributed by atoms with Crippen LogP contribution in [0.4, 0.5) is 0 Å². The van der Waals surface area contributed by atoms with Gasteiger partial charge in [-0.3, -0.25) is 9.59 Å². The van der Waals surface area contributed by atoms with Crippen molar-refractivity contribution >= 4 is 28.7 Å². The Hall–Kier alpha value is -2.61. The van der Waals surface area contributed by atoms with E-state index >= 15 is 0 Å². The van der Waals surface area contributed by atoms with Gasteiger partial charge in [-0.05, 0) is 37.8 Å². The molecular weight excluding hydrogens is 350 g/mol. The number of H-pyrrole nitrogens is 2. The number of aryl methyl sites for hydroxylation is 1. The van der Waals surface area contributed by atoms with Gasteiger partial charge < -0.3 is 15.3 Å². The van der Waals surface area contributed by atoms with Crippen molar-refractivity contribution in [2.45, 2.75) is 30.8 Å². The fourth-order valence-corrected chi connectivity index (χ4v) is 3.84. The van der Waals surface area contributed by atoms with Crippen LogP contribution in [0.15, 0.2) is 34.2 Å². The molecule has 0 fully saturated rings. The van der Waals surface area contributed by atoms with Gasteiger partial charge in [-0.15, -0.1) is 0 Å². The molecule has 0 spiro atoms. The van der Waals surface area contributed by atoms with Gasteiger partial charge in [0.15, 0.2) is 11.0 Å². The summed E-state index contributed by atoms with van der Waals surface area (Å²) in [5.41, 5.74) is 3.34. The van der Waals surface area contributed by atoms with Gasteiger partial charge in [-0.25, -0.2) is 9.97 Å². The maximum absolute atomic E-state index is 12.2. The van der Waals surface area contributed by atoms with Crippen molar-refractivity contribution in [1.29, 1.82) is 0 Å². The number of benzene rings is 1. The van der Waals surface area contributed by atoms with E-state index in [1.54, 1.807) is 0 Å². The van der Waals surface area contributed by atoms with Crippen LogP contribution in [0.5, 0.6) is 0 Å². The summed E-state index contributed by atoms with van der Waals surface area (Å²) < 4.78 is 0. The van der Waals surface area contributed by atoms with E-state index in [0.717, 1.165) is 48.0 Å². The molecule has 0 atom stereocenters. The molecule has 1 aliphatic rings. The van der Waals surface area contributed by atoms with E-state index in [9.17, 15) is 9.59 Å². The van der Waals surface area contributed by atoms with Crippen molar-refractivity contribution in [3.8, 4) is 0 Å². The van der Waals surface area contributed by atoms with Crippen LogP contribution < -0.4 is 10.9 Å². The minimum Gasteiger partial charge on any atom is -0.349 e. The third-order valence-corrected chi connectivity index (χ3v) is 5.28. The lowest BCUT2D eigenvalue weighted by atomic mass is 9.97. The molecule has 8 heteroatoms. The van der Waals surface area contributed by atoms with E-state index in [4.69, 9.17) is 0 Å². The van der Waals surface area contributed by atoms with Gasteiger partial charge in [0.2, 0.25) is 0 Å². The molecule has 0 radical (unpaired) electrons. The summed E-state index contributed by atoms with van der Waals surface area (Å²) in [6, 6.07) is 7.52. The van der Waals surface area contributed by atoms with Crippen molar-refractivity contribution in [3.63, 3.8) is 0 Å². The monoisotopic (exact) mass is 369 g/mol. The average molecular weight is 369 g/mol. The first-order valence-electron chi connectivity index (χ1n) is 8.68. The molecule has 3 aromatic rings. The number of para-hydroxylation sites is 2. The Morgan fingerprint density at radius 3 is 2.88 bits per heavy atom. The number of fused-ring (bicyclic) bond motifs is 2. The first kappa shape index (κ1) is 16.8. The topological polar surface area (TPSA) is 104 Å². The van der Waals surface area contributed by atoms with Gasteiger partial charge >= 0.3 is 0 Å². The first-order valence-corrected chi connectivity index (χ1v) is 9.67. The summed E-state index contributed by atoms with van der Waals surface area (Å²) in [4.78, 5) is 39.0. The molecule has 0 unspecified atom stereocenters. The fraction of sp³-hybridized carbons (Fsp3) is 0.333. The zero-order chi connectivity index (χ0) is 17.9. The highest BCUT2D eigenvalue weighted by Gasteiger charge is 2.16. The number of nitrogens with one attached hydrogen (secondary N) is 3. The van der Waals surface area contributed by atoms with Crippen LogP contribution in [0.1, 0.15) is 34.7 Å². The van der Waals surface area contributed by atoms with Crippen LogP contribution >= 0.6 is 11.8 Å². The molecule has 2 heterocycles. The maximum Gasteiger partial charge on any atom is 0.287 e. The Kier molecular flexibility index (Phi) is 4.75. The van der Waals surface area contributed by atoms with Crippen LogP contribution in [-0.4, -0.2) is 38.1 Å². The zero-order valence-corrected chi connectivity index (χ0v) is 15.0. The highest BCUT2D eigenvalue weighted by Crippen LogP contribution is 2.19. The number of hydrogen-bond acceptors (Lipinski definition) is 5. The molecule has 1 amide bonds. The van der Waals surface area contributed by atoms with Crippen molar-refractivity contribution in [1.82, 2.24) is 25.3 Å². The molecule has 2 aromatic heterocycles. The molecule has 1 aromatic carbocycles. The number of hydrogen-bond donors (Lipinski definition) is 3. The van der Waals surface area contributed by atoms with Gasteiger partial charge in [0.25, 0.3) is 11.5 Å². The molecule has 1 aliphatic carbocycles. The van der Waals surface area contributed by atoms with Gasteiger partial charge in [-0.2, -0.15) is 0 Å². The quantitative estimate of drug-likeness (QED) is 0.363. The summed E-state index contributed by atoms with van der Waals surface area (Å²) in [6.45, 7) is 0.460. The molecule has 7 nitrogen and oxygen atoms in total. The van der Waals surface area contributed by atoms with Crippen molar-refractivity contribution < 1.29 is 4.79 Å². The van der Waals surface area contributed by atoms with Crippen LogP contribution in [0.3, 0.4) is 0 Å². The van der Waals surface area contributed by atoms with E-state index in [0.29, 0.717) is 23.3 Å². The largest absolute Gasteiger partial charge is 0.349 e. The Bertz CT molecular complexity index is 977. The predicted octanol–water partition coefficient (Wildman–Crippen LogP) is 2.05. The lowest BCUT2D eigenvalue weighted by Gasteiger charge is -2.14. The summed E-state index contributed by atoms with van der Waals surface area (Å²) >= 11 is 1.44. The Morgan fingerprint density at radius 2 is 2.00 bits per heavy atom. The van der Waals surface area contributed by atoms with Gasteiger partial charge in [0, 0.05) is 17.9 Å². The molecule has 0 saturated heterocycles. The molecular formula is C18H19N5O2S. The maximum atomic E-state index is 12.2. The molecule has 4 rings (SSSR count). The smallest absolute Gasteiger partial charge is 0.287 e. The Morgan fingerprint density at radius 1 is 1.15 bits per heavy atom. The summed E-state index contributed by atoms with van der Waals surface area (Å²) in [7, 11) is 0. The minimum absolute atomic E-state index is 0.0245. The number of thioether (sulfide) groups is 1. The van der Waals surface area contributed by atoms with Crippen LogP contribution in [0.2, 0.25) is 0 Å². The summed E-state index contributed by atoms with van der Waals surface area (Å²) in [6.07, 6.45) is 3.82. The van der Waals surface area contributed by atoms with Gasteiger partial charge in [-0.1, -0.05) is 23.9 Å². The molecule has 26 heavy (non-hydrogen) atoms. The summed E-state index contributed by atoms with van der Waals surface area (Å²) in [5.74, 6) is 0.679. The number of nitrogens with zero attached hydrogens (tertiary/aromatic N) is 2. The normalized spacial score (nSPS) is 13.5. The minimum atomic E-state index is -0.242. The number of aromatic nitrogens is 4. The highest BCUT2D eigenvalue weighted by atomic mass is 32.2. The SMILES string of the molecule is O=C(NCCSc1nc2c(c(=O)[nH]1)CCCC2)c1nc2ccccc2[nH]1. The second-order valence-electron chi connectivity index (χ2n) is 6.21. The van der Waals surface area contributed by atoms with Gasteiger partial charge in [0.05, 0.1) is 16.7 Å². The first-order chi connectivity index (χ1) is 12.7. The molecule has 3 N–H and O–H groups in total. The number of carbonyl (C=O) groups excluding carboxylic acids is 1. The second kappa shape index (κ2) is 7.33. The number of carbonyl (C=O) groups is 1. The van der Waals surface area contributed by atoms with E-state index in [1.807, 2.05) is 24.3 Å². The average Bonchev–Trinajstić information content (AvgIpc) is 3.09. The number of amides is 1. The zero-order valence-electron chi connectivity index (χ0n) is 14.2. The Balaban J connectivity index is 1.33. The Labute approximate surface area is 154 Å². The molecule has 0 saturated carbocycles. The summed E-state index contributed by atoms with van der Waals surface area (Å²) in [5, 5.41) is 3.45. The van der Waals surface area contributed by atoms with E-state index in [-0.39, 0.29) is 11.5 Å². The predicted molar refractivity (Wildman–Crippen MR) is 101 cm³/mol. The van der Waals surface area contributed by atoms with E-state index in [2.05, 4.69) is 25.3 Å². The molecule has 134 valence electrons.